The van der Waals surface area contributed by atoms with Crippen molar-refractivity contribution in [1.82, 2.24) is 4.90 Å². The number of halogens is 1. The molecule has 0 atom stereocenters. The molecule has 0 saturated heterocycles. The third-order valence-corrected chi connectivity index (χ3v) is 4.26. The van der Waals surface area contributed by atoms with Crippen molar-refractivity contribution >= 4 is 33.4 Å². The van der Waals surface area contributed by atoms with Crippen LogP contribution in [0.15, 0.2) is 46.9 Å². The second-order valence-electron chi connectivity index (χ2n) is 4.97. The molecule has 3 rings (SSSR count). The van der Waals surface area contributed by atoms with Crippen LogP contribution in [0.2, 0.25) is 0 Å². The smallest absolute Gasteiger partial charge is 0.261 e. The highest BCUT2D eigenvalue weighted by Gasteiger charge is 2.30. The number of hydrogen-bond donors (Lipinski definition) is 1. The minimum Gasteiger partial charge on any atom is -0.398 e. The molecule has 1 aliphatic rings. The van der Waals surface area contributed by atoms with Gasteiger partial charge in [-0.1, -0.05) is 24.3 Å². The van der Waals surface area contributed by atoms with E-state index in [1.165, 1.54) is 4.90 Å². The summed E-state index contributed by atoms with van der Waals surface area (Å²) >= 11 is 3.33. The van der Waals surface area contributed by atoms with Crippen LogP contribution >= 0.6 is 15.9 Å². The quantitative estimate of drug-likeness (QED) is 0.672. The molecule has 4 nitrogen and oxygen atoms in total. The molecule has 0 bridgehead atoms. The van der Waals surface area contributed by atoms with Crippen molar-refractivity contribution < 1.29 is 9.59 Å². The zero-order valence-corrected chi connectivity index (χ0v) is 12.8. The van der Waals surface area contributed by atoms with E-state index < -0.39 is 0 Å². The number of nitrogen functional groups attached to an aromatic ring is 1. The molecule has 2 aromatic rings. The van der Waals surface area contributed by atoms with Crippen LogP contribution in [0.25, 0.3) is 0 Å². The minimum atomic E-state index is -0.247. The number of nitrogens with two attached hydrogens (primary N) is 1. The summed E-state index contributed by atoms with van der Waals surface area (Å²) in [5.41, 5.74) is 8.64. The molecule has 0 spiro atoms. The number of hydrogen-bond acceptors (Lipinski definition) is 3. The van der Waals surface area contributed by atoms with Gasteiger partial charge in [0.1, 0.15) is 0 Å². The van der Waals surface area contributed by atoms with Gasteiger partial charge in [-0.3, -0.25) is 14.5 Å². The Morgan fingerprint density at radius 1 is 1.14 bits per heavy atom. The zero-order chi connectivity index (χ0) is 15.0. The molecular weight excluding hydrogens is 332 g/mol. The molecule has 0 saturated carbocycles. The fourth-order valence-electron chi connectivity index (χ4n) is 2.43. The van der Waals surface area contributed by atoms with Gasteiger partial charge in [-0.25, -0.2) is 0 Å². The molecule has 2 N–H and O–H groups in total. The molecule has 5 heteroatoms. The van der Waals surface area contributed by atoms with Crippen LogP contribution < -0.4 is 5.73 Å². The van der Waals surface area contributed by atoms with Gasteiger partial charge in [-0.2, -0.15) is 0 Å². The Morgan fingerprint density at radius 3 is 2.67 bits per heavy atom. The number of benzene rings is 2. The number of fused-ring (bicyclic) bond motifs is 1. The monoisotopic (exact) mass is 344 g/mol. The summed E-state index contributed by atoms with van der Waals surface area (Å²) in [6, 6.07) is 12.7. The first kappa shape index (κ1) is 13.8. The molecule has 1 heterocycles. The predicted octanol–water partition coefficient (Wildman–Crippen LogP) is 2.76. The van der Waals surface area contributed by atoms with Crippen molar-refractivity contribution in [2.75, 3.05) is 5.73 Å². The first-order valence-corrected chi connectivity index (χ1v) is 7.32. The molecule has 0 fully saturated rings. The predicted molar refractivity (Wildman–Crippen MR) is 83.6 cm³/mol. The largest absolute Gasteiger partial charge is 0.398 e. The summed E-state index contributed by atoms with van der Waals surface area (Å²) in [6.45, 7) is 0.240. The lowest BCUT2D eigenvalue weighted by Gasteiger charge is -2.27. The first-order valence-electron chi connectivity index (χ1n) is 6.53. The molecular formula is C16H13BrN2O2. The molecule has 2 aromatic carbocycles. The Hall–Kier alpha value is -2.14. The summed E-state index contributed by atoms with van der Waals surface area (Å²) in [7, 11) is 0. The molecule has 106 valence electrons. The lowest BCUT2D eigenvalue weighted by Crippen LogP contribution is -2.41. The second-order valence-corrected chi connectivity index (χ2v) is 5.83. The van der Waals surface area contributed by atoms with Gasteiger partial charge in [0.05, 0.1) is 13.0 Å². The molecule has 2 amide bonds. The van der Waals surface area contributed by atoms with Crippen LogP contribution in [0.4, 0.5) is 5.69 Å². The standard InChI is InChI=1S/C16H13BrN2O2/c17-13-6-5-10(7-14(13)18)9-19-15(20)8-11-3-1-2-4-12(11)16(19)21/h1-7H,8-9,18H2. The molecule has 0 unspecified atom stereocenters. The van der Waals surface area contributed by atoms with Crippen molar-refractivity contribution in [2.45, 2.75) is 13.0 Å². The van der Waals surface area contributed by atoms with Gasteiger partial charge in [0.15, 0.2) is 0 Å². The summed E-state index contributed by atoms with van der Waals surface area (Å²) in [4.78, 5) is 25.9. The van der Waals surface area contributed by atoms with Crippen LogP contribution in [0.3, 0.4) is 0 Å². The number of rotatable bonds is 2. The van der Waals surface area contributed by atoms with Gasteiger partial charge in [0, 0.05) is 15.7 Å². The topological polar surface area (TPSA) is 63.4 Å². The van der Waals surface area contributed by atoms with Crippen molar-refractivity contribution in [1.29, 1.82) is 0 Å². The number of anilines is 1. The van der Waals surface area contributed by atoms with Crippen molar-refractivity contribution in [3.63, 3.8) is 0 Å². The van der Waals surface area contributed by atoms with Gasteiger partial charge in [0.25, 0.3) is 5.91 Å². The molecule has 1 aliphatic heterocycles. The third kappa shape index (κ3) is 2.56. The van der Waals surface area contributed by atoms with Crippen LogP contribution in [-0.4, -0.2) is 16.7 Å². The van der Waals surface area contributed by atoms with Crippen LogP contribution in [0.1, 0.15) is 21.5 Å². The highest BCUT2D eigenvalue weighted by molar-refractivity contribution is 9.10. The number of imide groups is 1. The van der Waals surface area contributed by atoms with Crippen molar-refractivity contribution in [2.24, 2.45) is 0 Å². The SMILES string of the molecule is Nc1cc(CN2C(=O)Cc3ccccc3C2=O)ccc1Br. The summed E-state index contributed by atoms with van der Waals surface area (Å²) in [6.07, 6.45) is 0.258. The van der Waals surface area contributed by atoms with E-state index in [2.05, 4.69) is 15.9 Å². The molecule has 0 radical (unpaired) electrons. The average molecular weight is 345 g/mol. The number of amides is 2. The maximum atomic E-state index is 12.4. The van der Waals surface area contributed by atoms with Crippen molar-refractivity contribution in [3.05, 3.63) is 63.6 Å². The minimum absolute atomic E-state index is 0.180. The van der Waals surface area contributed by atoms with E-state index in [4.69, 9.17) is 5.73 Å². The Bertz CT molecular complexity index is 743. The molecule has 0 aromatic heterocycles. The Labute approximate surface area is 130 Å². The Balaban J connectivity index is 1.91. The van der Waals surface area contributed by atoms with Crippen molar-refractivity contribution in [3.8, 4) is 0 Å². The van der Waals surface area contributed by atoms with E-state index in [0.29, 0.717) is 11.3 Å². The van der Waals surface area contributed by atoms with Crippen LogP contribution in [0, 0.1) is 0 Å². The third-order valence-electron chi connectivity index (χ3n) is 3.54. The van der Waals surface area contributed by atoms with E-state index in [0.717, 1.165) is 15.6 Å². The fraction of sp³-hybridized carbons (Fsp3) is 0.125. The van der Waals surface area contributed by atoms with E-state index in [9.17, 15) is 9.59 Å². The number of nitrogens with zero attached hydrogens (tertiary/aromatic N) is 1. The lowest BCUT2D eigenvalue weighted by atomic mass is 9.98. The highest BCUT2D eigenvalue weighted by Crippen LogP contribution is 2.24. The lowest BCUT2D eigenvalue weighted by molar-refractivity contribution is -0.128. The summed E-state index contributed by atoms with van der Waals surface area (Å²) in [5.74, 6) is -0.427. The van der Waals surface area contributed by atoms with Gasteiger partial charge < -0.3 is 5.73 Å². The molecule has 0 aliphatic carbocycles. The highest BCUT2D eigenvalue weighted by atomic mass is 79.9. The maximum Gasteiger partial charge on any atom is 0.261 e. The number of carbonyl (C=O) groups excluding carboxylic acids is 2. The molecule has 21 heavy (non-hydrogen) atoms. The summed E-state index contributed by atoms with van der Waals surface area (Å²) in [5, 5.41) is 0. The van der Waals surface area contributed by atoms with E-state index >= 15 is 0 Å². The first-order chi connectivity index (χ1) is 10.1. The summed E-state index contributed by atoms with van der Waals surface area (Å²) < 4.78 is 0.799. The number of carbonyl (C=O) groups is 2. The second kappa shape index (κ2) is 5.33. The van der Waals surface area contributed by atoms with E-state index in [-0.39, 0.29) is 24.8 Å². The normalized spacial score (nSPS) is 14.2. The van der Waals surface area contributed by atoms with Gasteiger partial charge in [-0.15, -0.1) is 0 Å². The zero-order valence-electron chi connectivity index (χ0n) is 11.2. The maximum absolute atomic E-state index is 12.4. The van der Waals surface area contributed by atoms with Gasteiger partial charge in [-0.05, 0) is 45.3 Å². The Kier molecular flexibility index (Phi) is 3.51. The fourth-order valence-corrected chi connectivity index (χ4v) is 2.68. The average Bonchev–Trinajstić information content (AvgIpc) is 2.47. The van der Waals surface area contributed by atoms with Gasteiger partial charge in [0.2, 0.25) is 5.91 Å². The van der Waals surface area contributed by atoms with Crippen LogP contribution in [-0.2, 0) is 17.8 Å². The van der Waals surface area contributed by atoms with E-state index in [1.807, 2.05) is 30.3 Å². The Morgan fingerprint density at radius 2 is 1.90 bits per heavy atom. The van der Waals surface area contributed by atoms with Crippen LogP contribution in [0.5, 0.6) is 0 Å². The van der Waals surface area contributed by atoms with Gasteiger partial charge >= 0.3 is 0 Å². The van der Waals surface area contributed by atoms with E-state index in [1.54, 1.807) is 12.1 Å².